The second kappa shape index (κ2) is 4.18. The lowest BCUT2D eigenvalue weighted by molar-refractivity contribution is 0.0690. The first-order chi connectivity index (χ1) is 7.25. The zero-order valence-corrected chi connectivity index (χ0v) is 8.57. The van der Waals surface area contributed by atoms with Crippen LogP contribution in [0.2, 0.25) is 0 Å². The summed E-state index contributed by atoms with van der Waals surface area (Å²) in [6, 6.07) is 3.27. The van der Waals surface area contributed by atoms with Gasteiger partial charge in [0.2, 0.25) is 0 Å². The molecule has 4 nitrogen and oxygen atoms in total. The van der Waals surface area contributed by atoms with Crippen LogP contribution in [0.3, 0.4) is 0 Å². The van der Waals surface area contributed by atoms with Crippen LogP contribution >= 0.6 is 11.3 Å². The van der Waals surface area contributed by atoms with Crippen LogP contribution in [0.4, 0.5) is 0 Å². The first kappa shape index (κ1) is 9.79. The molecule has 0 aromatic carbocycles. The number of carboxylic acids is 1. The normalized spacial score (nSPS) is 10.1. The summed E-state index contributed by atoms with van der Waals surface area (Å²) in [5.74, 6) is -1.00. The number of nitrogens with zero attached hydrogens (tertiary/aromatic N) is 2. The van der Waals surface area contributed by atoms with Gasteiger partial charge < -0.3 is 5.11 Å². The number of aromatic carboxylic acids is 1. The Hall–Kier alpha value is -1.75. The Morgan fingerprint density at radius 1 is 1.40 bits per heavy atom. The summed E-state index contributed by atoms with van der Waals surface area (Å²) >= 11 is 1.57. The Morgan fingerprint density at radius 3 is 2.80 bits per heavy atom. The first-order valence-corrected chi connectivity index (χ1v) is 5.20. The molecule has 0 radical (unpaired) electrons. The highest BCUT2D eigenvalue weighted by Crippen LogP contribution is 2.11. The number of hydrogen-bond acceptors (Lipinski definition) is 4. The molecule has 2 heterocycles. The van der Waals surface area contributed by atoms with Crippen molar-refractivity contribution in [1.82, 2.24) is 9.97 Å². The van der Waals surface area contributed by atoms with E-state index in [0.29, 0.717) is 6.42 Å². The third kappa shape index (κ3) is 2.38. The minimum atomic E-state index is -1.00. The van der Waals surface area contributed by atoms with Crippen LogP contribution in [-0.4, -0.2) is 21.0 Å². The molecule has 2 aromatic heterocycles. The second-order valence-corrected chi connectivity index (χ2v) is 3.94. The van der Waals surface area contributed by atoms with Crippen molar-refractivity contribution in [2.75, 3.05) is 0 Å². The maximum Gasteiger partial charge on any atom is 0.354 e. The summed E-state index contributed by atoms with van der Waals surface area (Å²) in [6.07, 6.45) is 4.02. The van der Waals surface area contributed by atoms with Crippen LogP contribution < -0.4 is 0 Å². The lowest BCUT2D eigenvalue weighted by Crippen LogP contribution is -2.00. The molecule has 0 saturated carbocycles. The highest BCUT2D eigenvalue weighted by Gasteiger charge is 2.04. The number of pyridine rings is 1. The zero-order chi connectivity index (χ0) is 10.7. The Morgan fingerprint density at radius 2 is 2.27 bits per heavy atom. The number of thiazole rings is 1. The summed E-state index contributed by atoms with van der Waals surface area (Å²) in [7, 11) is 0. The van der Waals surface area contributed by atoms with E-state index in [0.717, 1.165) is 10.6 Å². The van der Waals surface area contributed by atoms with Crippen molar-refractivity contribution >= 4 is 17.3 Å². The predicted molar refractivity (Wildman–Crippen MR) is 56.1 cm³/mol. The molecule has 76 valence electrons. The van der Waals surface area contributed by atoms with E-state index in [9.17, 15) is 4.79 Å². The van der Waals surface area contributed by atoms with Gasteiger partial charge in [-0.3, -0.25) is 0 Å². The average Bonchev–Trinajstić information content (AvgIpc) is 2.71. The molecule has 15 heavy (non-hydrogen) atoms. The van der Waals surface area contributed by atoms with Gasteiger partial charge in [0, 0.05) is 24.2 Å². The maximum absolute atomic E-state index is 10.6. The second-order valence-electron chi connectivity index (χ2n) is 2.96. The van der Waals surface area contributed by atoms with Crippen molar-refractivity contribution in [2.45, 2.75) is 6.42 Å². The molecule has 1 N–H and O–H groups in total. The number of hydrogen-bond donors (Lipinski definition) is 1. The largest absolute Gasteiger partial charge is 0.477 e. The molecule has 0 aliphatic rings. The lowest BCUT2D eigenvalue weighted by Gasteiger charge is -1.98. The molecule has 0 atom stereocenters. The molecular weight excluding hydrogens is 212 g/mol. The van der Waals surface area contributed by atoms with E-state index < -0.39 is 5.97 Å². The standard InChI is InChI=1S/C10H8N2O2S/c13-10(14)8-2-1-7(6-12-8)5-9-11-3-4-15-9/h1-4,6H,5H2,(H,13,14). The van der Waals surface area contributed by atoms with Crippen molar-refractivity contribution < 1.29 is 9.90 Å². The third-order valence-electron chi connectivity index (χ3n) is 1.88. The van der Waals surface area contributed by atoms with Crippen LogP contribution in [0, 0.1) is 0 Å². The lowest BCUT2D eigenvalue weighted by atomic mass is 10.2. The molecule has 2 aromatic rings. The number of aromatic nitrogens is 2. The average molecular weight is 220 g/mol. The van der Waals surface area contributed by atoms with Crippen molar-refractivity contribution in [3.05, 3.63) is 46.2 Å². The number of rotatable bonds is 3. The number of carboxylic acid groups (broad SMARTS) is 1. The van der Waals surface area contributed by atoms with E-state index in [-0.39, 0.29) is 5.69 Å². The fourth-order valence-corrected chi connectivity index (χ4v) is 1.82. The van der Waals surface area contributed by atoms with E-state index in [2.05, 4.69) is 9.97 Å². The van der Waals surface area contributed by atoms with Gasteiger partial charge in [-0.1, -0.05) is 6.07 Å². The van der Waals surface area contributed by atoms with Gasteiger partial charge in [0.25, 0.3) is 0 Å². The molecule has 0 aliphatic carbocycles. The summed E-state index contributed by atoms with van der Waals surface area (Å²) in [5.41, 5.74) is 1.04. The molecule has 0 amide bonds. The summed E-state index contributed by atoms with van der Waals surface area (Å²) < 4.78 is 0. The fraction of sp³-hybridized carbons (Fsp3) is 0.100. The van der Waals surface area contributed by atoms with Gasteiger partial charge in [-0.05, 0) is 11.6 Å². The van der Waals surface area contributed by atoms with Gasteiger partial charge in [0.1, 0.15) is 5.69 Å². The third-order valence-corrected chi connectivity index (χ3v) is 2.66. The van der Waals surface area contributed by atoms with Crippen molar-refractivity contribution in [3.8, 4) is 0 Å². The van der Waals surface area contributed by atoms with E-state index in [4.69, 9.17) is 5.11 Å². The maximum atomic E-state index is 10.6. The Labute approximate surface area is 90.3 Å². The Balaban J connectivity index is 2.14. The van der Waals surface area contributed by atoms with E-state index in [1.807, 2.05) is 5.38 Å². The van der Waals surface area contributed by atoms with Gasteiger partial charge in [0.05, 0.1) is 5.01 Å². The molecule has 0 fully saturated rings. The van der Waals surface area contributed by atoms with Crippen LogP contribution in [0.15, 0.2) is 29.9 Å². The Kier molecular flexibility index (Phi) is 2.73. The smallest absolute Gasteiger partial charge is 0.354 e. The van der Waals surface area contributed by atoms with Crippen molar-refractivity contribution in [3.63, 3.8) is 0 Å². The van der Waals surface area contributed by atoms with Gasteiger partial charge in [-0.2, -0.15) is 0 Å². The van der Waals surface area contributed by atoms with Gasteiger partial charge >= 0.3 is 5.97 Å². The fourth-order valence-electron chi connectivity index (χ4n) is 1.17. The van der Waals surface area contributed by atoms with Crippen LogP contribution in [-0.2, 0) is 6.42 Å². The molecule has 0 spiro atoms. The van der Waals surface area contributed by atoms with Crippen LogP contribution in [0.5, 0.6) is 0 Å². The zero-order valence-electron chi connectivity index (χ0n) is 7.75. The topological polar surface area (TPSA) is 63.1 Å². The molecule has 0 saturated heterocycles. The van der Waals surface area contributed by atoms with E-state index >= 15 is 0 Å². The van der Waals surface area contributed by atoms with Gasteiger partial charge in [0.15, 0.2) is 0 Å². The molecule has 0 unspecified atom stereocenters. The highest BCUT2D eigenvalue weighted by molar-refractivity contribution is 7.09. The van der Waals surface area contributed by atoms with Crippen LogP contribution in [0.1, 0.15) is 21.1 Å². The summed E-state index contributed by atoms with van der Waals surface area (Å²) in [5, 5.41) is 11.6. The summed E-state index contributed by atoms with van der Waals surface area (Å²) in [6.45, 7) is 0. The number of carbonyl (C=O) groups is 1. The monoisotopic (exact) mass is 220 g/mol. The van der Waals surface area contributed by atoms with E-state index in [1.165, 1.54) is 6.07 Å². The summed E-state index contributed by atoms with van der Waals surface area (Å²) in [4.78, 5) is 18.5. The molecule has 5 heteroatoms. The Bertz CT molecular complexity index is 451. The minimum Gasteiger partial charge on any atom is -0.477 e. The van der Waals surface area contributed by atoms with Crippen LogP contribution in [0.25, 0.3) is 0 Å². The SMILES string of the molecule is O=C(O)c1ccc(Cc2nccs2)cn1. The van der Waals surface area contributed by atoms with Gasteiger partial charge in [-0.25, -0.2) is 14.8 Å². The van der Waals surface area contributed by atoms with Crippen molar-refractivity contribution in [2.24, 2.45) is 0 Å². The predicted octanol–water partition coefficient (Wildman–Crippen LogP) is 1.83. The quantitative estimate of drug-likeness (QED) is 0.857. The van der Waals surface area contributed by atoms with E-state index in [1.54, 1.807) is 29.8 Å². The molecule has 2 rings (SSSR count). The molecular formula is C10H8N2O2S. The minimum absolute atomic E-state index is 0.0675. The van der Waals surface area contributed by atoms with Crippen molar-refractivity contribution in [1.29, 1.82) is 0 Å². The molecule has 0 aliphatic heterocycles. The van der Waals surface area contributed by atoms with Gasteiger partial charge in [-0.15, -0.1) is 11.3 Å². The highest BCUT2D eigenvalue weighted by atomic mass is 32.1. The first-order valence-electron chi connectivity index (χ1n) is 4.32. The molecule has 0 bridgehead atoms.